The lowest BCUT2D eigenvalue weighted by molar-refractivity contribution is 0.126. The Hall–Kier alpha value is -1.02. The molecule has 0 amide bonds. The van der Waals surface area contributed by atoms with Crippen LogP contribution < -0.4 is 4.74 Å². The van der Waals surface area contributed by atoms with Gasteiger partial charge in [0.1, 0.15) is 5.75 Å². The molecular weight excluding hydrogens is 270 g/mol. The van der Waals surface area contributed by atoms with Crippen molar-refractivity contribution in [2.75, 3.05) is 13.7 Å². The fraction of sp³-hybridized carbons (Fsp3) is 0.700. The van der Waals surface area contributed by atoms with Crippen molar-refractivity contribution in [2.45, 2.75) is 66.5 Å². The second-order valence-electron chi connectivity index (χ2n) is 8.87. The van der Waals surface area contributed by atoms with Crippen molar-refractivity contribution in [3.63, 3.8) is 0 Å². The van der Waals surface area contributed by atoms with E-state index in [9.17, 15) is 0 Å². The first-order chi connectivity index (χ1) is 10.2. The number of benzene rings is 1. The van der Waals surface area contributed by atoms with Gasteiger partial charge in [-0.3, -0.25) is 4.90 Å². The molecular formula is C20H31NO. The molecule has 2 atom stereocenters. The van der Waals surface area contributed by atoms with Crippen molar-refractivity contribution in [2.24, 2.45) is 10.8 Å². The Balaban J connectivity index is 1.82. The maximum Gasteiger partial charge on any atom is 0.122 e. The third kappa shape index (κ3) is 2.90. The third-order valence-corrected chi connectivity index (χ3v) is 5.75. The van der Waals surface area contributed by atoms with E-state index in [1.165, 1.54) is 42.5 Å². The number of methoxy groups -OCH3 is 1. The van der Waals surface area contributed by atoms with Gasteiger partial charge in [0.15, 0.2) is 0 Å². The van der Waals surface area contributed by atoms with E-state index in [0.29, 0.717) is 10.8 Å². The SMILES string of the molecule is COc1cc(C)c(CN2CC3(C)CC2CC(C)(C)C3)cc1C. The van der Waals surface area contributed by atoms with E-state index in [1.54, 1.807) is 7.11 Å². The third-order valence-electron chi connectivity index (χ3n) is 5.75. The van der Waals surface area contributed by atoms with Gasteiger partial charge in [-0.05, 0) is 66.7 Å². The normalized spacial score (nSPS) is 30.5. The first-order valence-corrected chi connectivity index (χ1v) is 8.60. The minimum atomic E-state index is 0.497. The lowest BCUT2D eigenvalue weighted by Gasteiger charge is -2.40. The van der Waals surface area contributed by atoms with Crippen molar-refractivity contribution >= 4 is 0 Å². The van der Waals surface area contributed by atoms with Crippen molar-refractivity contribution in [1.29, 1.82) is 0 Å². The summed E-state index contributed by atoms with van der Waals surface area (Å²) in [4.78, 5) is 2.74. The topological polar surface area (TPSA) is 12.5 Å². The van der Waals surface area contributed by atoms with E-state index in [0.717, 1.165) is 18.3 Å². The van der Waals surface area contributed by atoms with Gasteiger partial charge in [0.25, 0.3) is 0 Å². The smallest absolute Gasteiger partial charge is 0.122 e. The molecule has 22 heavy (non-hydrogen) atoms. The number of rotatable bonds is 3. The van der Waals surface area contributed by atoms with Crippen LogP contribution in [0.4, 0.5) is 0 Å². The second-order valence-corrected chi connectivity index (χ2v) is 8.87. The zero-order valence-electron chi connectivity index (χ0n) is 15.1. The van der Waals surface area contributed by atoms with E-state index in [2.05, 4.69) is 51.7 Å². The number of fused-ring (bicyclic) bond motifs is 2. The second kappa shape index (κ2) is 5.26. The molecule has 2 heteroatoms. The summed E-state index contributed by atoms with van der Waals surface area (Å²) < 4.78 is 5.45. The number of ether oxygens (including phenoxy) is 1. The molecule has 1 saturated heterocycles. The molecule has 1 aliphatic heterocycles. The average molecular weight is 301 g/mol. The van der Waals surface area contributed by atoms with Gasteiger partial charge in [0.2, 0.25) is 0 Å². The Labute approximate surface area is 135 Å². The van der Waals surface area contributed by atoms with Crippen LogP contribution in [0.1, 0.15) is 56.7 Å². The van der Waals surface area contributed by atoms with Crippen LogP contribution in [0, 0.1) is 24.7 Å². The molecule has 1 heterocycles. The lowest BCUT2D eigenvalue weighted by Crippen LogP contribution is -2.34. The number of hydrogen-bond donors (Lipinski definition) is 0. The van der Waals surface area contributed by atoms with Gasteiger partial charge in [0, 0.05) is 19.1 Å². The summed E-state index contributed by atoms with van der Waals surface area (Å²) in [6.07, 6.45) is 4.09. The van der Waals surface area contributed by atoms with Crippen molar-refractivity contribution in [3.8, 4) is 5.75 Å². The minimum absolute atomic E-state index is 0.497. The molecule has 0 N–H and O–H groups in total. The van der Waals surface area contributed by atoms with Crippen LogP contribution in [0.25, 0.3) is 0 Å². The number of likely N-dealkylation sites (tertiary alicyclic amines) is 1. The molecule has 1 aromatic rings. The summed E-state index contributed by atoms with van der Waals surface area (Å²) in [6, 6.07) is 5.28. The van der Waals surface area contributed by atoms with E-state index in [-0.39, 0.29) is 0 Å². The number of nitrogens with zero attached hydrogens (tertiary/aromatic N) is 1. The molecule has 2 fully saturated rings. The van der Waals surface area contributed by atoms with Gasteiger partial charge < -0.3 is 4.74 Å². The van der Waals surface area contributed by atoms with Crippen LogP contribution in [0.2, 0.25) is 0 Å². The largest absolute Gasteiger partial charge is 0.496 e. The van der Waals surface area contributed by atoms with Crippen LogP contribution in [0.15, 0.2) is 12.1 Å². The molecule has 0 aromatic heterocycles. The average Bonchev–Trinajstić information content (AvgIpc) is 2.62. The predicted octanol–water partition coefficient (Wildman–Crippen LogP) is 4.71. The fourth-order valence-electron chi connectivity index (χ4n) is 5.22. The quantitative estimate of drug-likeness (QED) is 0.801. The van der Waals surface area contributed by atoms with Crippen molar-refractivity contribution in [1.82, 2.24) is 4.90 Å². The minimum Gasteiger partial charge on any atom is -0.496 e. The van der Waals surface area contributed by atoms with Gasteiger partial charge in [-0.15, -0.1) is 0 Å². The van der Waals surface area contributed by atoms with Crippen LogP contribution in [0.5, 0.6) is 5.75 Å². The van der Waals surface area contributed by atoms with Crippen molar-refractivity contribution < 1.29 is 4.74 Å². The Kier molecular flexibility index (Phi) is 3.79. The molecule has 2 aliphatic rings. The molecule has 0 spiro atoms. The monoisotopic (exact) mass is 301 g/mol. The highest BCUT2D eigenvalue weighted by atomic mass is 16.5. The highest BCUT2D eigenvalue weighted by Crippen LogP contribution is 2.52. The summed E-state index contributed by atoms with van der Waals surface area (Å²) in [5.74, 6) is 1.01. The summed E-state index contributed by atoms with van der Waals surface area (Å²) >= 11 is 0. The van der Waals surface area contributed by atoms with Crippen LogP contribution in [-0.2, 0) is 6.54 Å². The fourth-order valence-corrected chi connectivity index (χ4v) is 5.22. The Bertz CT molecular complexity index is 577. The zero-order chi connectivity index (χ0) is 16.1. The molecule has 0 radical (unpaired) electrons. The van der Waals surface area contributed by atoms with E-state index >= 15 is 0 Å². The molecule has 122 valence electrons. The van der Waals surface area contributed by atoms with Crippen LogP contribution >= 0.6 is 0 Å². The molecule has 1 aliphatic carbocycles. The van der Waals surface area contributed by atoms with E-state index in [1.807, 2.05) is 0 Å². The maximum atomic E-state index is 5.45. The summed E-state index contributed by atoms with van der Waals surface area (Å²) in [7, 11) is 1.76. The summed E-state index contributed by atoms with van der Waals surface area (Å²) in [5.41, 5.74) is 5.08. The maximum absolute atomic E-state index is 5.45. The van der Waals surface area contributed by atoms with Gasteiger partial charge in [-0.1, -0.05) is 26.8 Å². The number of aryl methyl sites for hydroxylation is 2. The first-order valence-electron chi connectivity index (χ1n) is 8.60. The number of hydrogen-bond acceptors (Lipinski definition) is 2. The van der Waals surface area contributed by atoms with Crippen LogP contribution in [-0.4, -0.2) is 24.6 Å². The standard InChI is InChI=1S/C20H31NO/c1-14-8-18(22-6)15(2)7-16(14)11-21-13-20(5)10-17(21)9-19(3,4)12-20/h7-8,17H,9-13H2,1-6H3. The summed E-state index contributed by atoms with van der Waals surface area (Å²) in [6.45, 7) is 14.1. The van der Waals surface area contributed by atoms with E-state index < -0.39 is 0 Å². The van der Waals surface area contributed by atoms with Gasteiger partial charge >= 0.3 is 0 Å². The molecule has 3 rings (SSSR count). The van der Waals surface area contributed by atoms with Gasteiger partial charge in [0.05, 0.1) is 7.11 Å². The Morgan fingerprint density at radius 2 is 1.86 bits per heavy atom. The predicted molar refractivity (Wildman–Crippen MR) is 92.4 cm³/mol. The van der Waals surface area contributed by atoms with Crippen LogP contribution in [0.3, 0.4) is 0 Å². The molecule has 2 unspecified atom stereocenters. The first kappa shape index (κ1) is 15.9. The molecule has 1 aromatic carbocycles. The molecule has 1 saturated carbocycles. The van der Waals surface area contributed by atoms with Crippen molar-refractivity contribution in [3.05, 3.63) is 28.8 Å². The Morgan fingerprint density at radius 1 is 1.14 bits per heavy atom. The van der Waals surface area contributed by atoms with E-state index in [4.69, 9.17) is 4.74 Å². The highest BCUT2D eigenvalue weighted by Gasteiger charge is 2.49. The Morgan fingerprint density at radius 3 is 2.55 bits per heavy atom. The molecule has 2 bridgehead atoms. The zero-order valence-corrected chi connectivity index (χ0v) is 15.1. The summed E-state index contributed by atoms with van der Waals surface area (Å²) in [5, 5.41) is 0. The highest BCUT2D eigenvalue weighted by molar-refractivity contribution is 5.41. The lowest BCUT2D eigenvalue weighted by atomic mass is 9.65. The van der Waals surface area contributed by atoms with Gasteiger partial charge in [-0.25, -0.2) is 0 Å². The van der Waals surface area contributed by atoms with Gasteiger partial charge in [-0.2, -0.15) is 0 Å². The molecule has 2 nitrogen and oxygen atoms in total.